The number of ether oxygens (including phenoxy) is 1. The van der Waals surface area contributed by atoms with Crippen LogP contribution in [-0.2, 0) is 4.74 Å². The second-order valence-electron chi connectivity index (χ2n) is 5.16. The zero-order chi connectivity index (χ0) is 12.2. The largest absolute Gasteiger partial charge is 0.444 e. The van der Waals surface area contributed by atoms with Crippen LogP contribution in [0.4, 0.5) is 4.79 Å². The van der Waals surface area contributed by atoms with Gasteiger partial charge < -0.3 is 15.2 Å². The summed E-state index contributed by atoms with van der Waals surface area (Å²) in [6.07, 6.45) is -1.07. The predicted molar refractivity (Wildman–Crippen MR) is 59.7 cm³/mol. The molecule has 0 aromatic rings. The number of amides is 1. The molecule has 4 nitrogen and oxygen atoms in total. The highest BCUT2D eigenvalue weighted by atomic mass is 16.6. The molecule has 0 aliphatic heterocycles. The molecule has 1 unspecified atom stereocenters. The van der Waals surface area contributed by atoms with Crippen LogP contribution in [0.15, 0.2) is 0 Å². The number of hydrogen-bond acceptors (Lipinski definition) is 3. The van der Waals surface area contributed by atoms with Crippen LogP contribution < -0.4 is 5.32 Å². The molecule has 1 amide bonds. The highest BCUT2D eigenvalue weighted by molar-refractivity contribution is 5.68. The summed E-state index contributed by atoms with van der Waals surface area (Å²) in [7, 11) is 0. The van der Waals surface area contributed by atoms with Gasteiger partial charge in [0.1, 0.15) is 5.60 Å². The van der Waals surface area contributed by atoms with Gasteiger partial charge in [-0.05, 0) is 33.6 Å². The molecule has 0 aromatic heterocycles. The van der Waals surface area contributed by atoms with Gasteiger partial charge in [-0.25, -0.2) is 4.79 Å². The van der Waals surface area contributed by atoms with Gasteiger partial charge >= 0.3 is 6.09 Å². The number of rotatable bonds is 3. The molecular weight excluding hydrogens is 194 g/mol. The molecule has 4 heteroatoms. The molecule has 90 valence electrons. The van der Waals surface area contributed by atoms with Crippen molar-refractivity contribution in [1.29, 1.82) is 0 Å². The number of carbonyl (C=O) groups excluding carboxylic acids is 1. The third-order valence-corrected chi connectivity index (χ3v) is 1.92. The molecule has 0 radical (unpaired) electrons. The maximum Gasteiger partial charge on any atom is 0.407 e. The van der Waals surface area contributed by atoms with Crippen LogP contribution in [0, 0.1) is 5.92 Å². The van der Waals surface area contributed by atoms with Crippen molar-refractivity contribution in [2.24, 2.45) is 5.92 Å². The predicted octanol–water partition coefficient (Wildman–Crippen LogP) is 1.92. The quantitative estimate of drug-likeness (QED) is 0.759. The molecule has 0 heterocycles. The van der Waals surface area contributed by atoms with Crippen LogP contribution in [0.5, 0.6) is 0 Å². The Bertz CT molecular complexity index is 198. The lowest BCUT2D eigenvalue weighted by atomic mass is 10.00. The van der Waals surface area contributed by atoms with Crippen molar-refractivity contribution in [2.75, 3.05) is 0 Å². The van der Waals surface area contributed by atoms with Crippen molar-refractivity contribution in [3.05, 3.63) is 0 Å². The van der Waals surface area contributed by atoms with E-state index < -0.39 is 17.8 Å². The summed E-state index contributed by atoms with van der Waals surface area (Å²) >= 11 is 0. The van der Waals surface area contributed by atoms with Crippen molar-refractivity contribution in [3.8, 4) is 0 Å². The number of aliphatic hydroxyl groups is 1. The minimum absolute atomic E-state index is 0.164. The van der Waals surface area contributed by atoms with Gasteiger partial charge in [-0.15, -0.1) is 0 Å². The maximum absolute atomic E-state index is 11.4. The Morgan fingerprint density at radius 1 is 1.27 bits per heavy atom. The molecule has 2 N–H and O–H groups in total. The molecule has 0 fully saturated rings. The fourth-order valence-corrected chi connectivity index (χ4v) is 1.29. The zero-order valence-corrected chi connectivity index (χ0v) is 10.5. The molecule has 0 spiro atoms. The van der Waals surface area contributed by atoms with Crippen LogP contribution in [0.25, 0.3) is 0 Å². The molecular formula is C11H23NO3. The summed E-state index contributed by atoms with van der Waals surface area (Å²) in [6.45, 7) is 10.9. The summed E-state index contributed by atoms with van der Waals surface area (Å²) in [6, 6.07) is -0.278. The van der Waals surface area contributed by atoms with E-state index in [0.717, 1.165) is 0 Å². The second-order valence-corrected chi connectivity index (χ2v) is 5.16. The van der Waals surface area contributed by atoms with Crippen LogP contribution in [0.1, 0.15) is 41.5 Å². The minimum atomic E-state index is -0.586. The average molecular weight is 217 g/mol. The van der Waals surface area contributed by atoms with E-state index in [0.29, 0.717) is 0 Å². The van der Waals surface area contributed by atoms with E-state index in [2.05, 4.69) is 5.32 Å². The summed E-state index contributed by atoms with van der Waals surface area (Å²) < 4.78 is 5.11. The van der Waals surface area contributed by atoms with Gasteiger partial charge in [-0.1, -0.05) is 13.8 Å². The van der Waals surface area contributed by atoms with Crippen LogP contribution in [0.2, 0.25) is 0 Å². The molecule has 0 aliphatic rings. The number of carbonyl (C=O) groups is 1. The van der Waals surface area contributed by atoms with Crippen LogP contribution in [-0.4, -0.2) is 28.9 Å². The first-order valence-electron chi connectivity index (χ1n) is 5.31. The second kappa shape index (κ2) is 5.35. The third kappa shape index (κ3) is 6.33. The Morgan fingerprint density at radius 2 is 1.73 bits per heavy atom. The van der Waals surface area contributed by atoms with Crippen molar-refractivity contribution >= 4 is 6.09 Å². The van der Waals surface area contributed by atoms with Crippen molar-refractivity contribution < 1.29 is 14.6 Å². The normalized spacial score (nSPS) is 16.0. The Morgan fingerprint density at radius 3 is 2.00 bits per heavy atom. The lowest BCUT2D eigenvalue weighted by Crippen LogP contribution is -2.47. The first kappa shape index (κ1) is 14.2. The third-order valence-electron chi connectivity index (χ3n) is 1.92. The van der Waals surface area contributed by atoms with E-state index in [1.807, 2.05) is 13.8 Å². The zero-order valence-electron chi connectivity index (χ0n) is 10.5. The molecule has 15 heavy (non-hydrogen) atoms. The van der Waals surface area contributed by atoms with Gasteiger partial charge in [-0.2, -0.15) is 0 Å². The highest BCUT2D eigenvalue weighted by Crippen LogP contribution is 2.10. The van der Waals surface area contributed by atoms with Gasteiger partial charge in [0, 0.05) is 0 Å². The molecule has 0 aromatic carbocycles. The minimum Gasteiger partial charge on any atom is -0.444 e. The van der Waals surface area contributed by atoms with E-state index in [1.165, 1.54) is 0 Å². The number of hydrogen-bond donors (Lipinski definition) is 2. The Balaban J connectivity index is 4.25. The number of alkyl carbamates (subject to hydrolysis) is 1. The van der Waals surface area contributed by atoms with Crippen LogP contribution >= 0.6 is 0 Å². The monoisotopic (exact) mass is 217 g/mol. The molecule has 0 rings (SSSR count). The van der Waals surface area contributed by atoms with Crippen molar-refractivity contribution in [2.45, 2.75) is 59.3 Å². The Kier molecular flexibility index (Phi) is 5.08. The lowest BCUT2D eigenvalue weighted by molar-refractivity contribution is 0.0398. The van der Waals surface area contributed by atoms with Gasteiger partial charge in [0.25, 0.3) is 0 Å². The van der Waals surface area contributed by atoms with Gasteiger partial charge in [-0.3, -0.25) is 0 Å². The van der Waals surface area contributed by atoms with Crippen molar-refractivity contribution in [3.63, 3.8) is 0 Å². The first-order valence-corrected chi connectivity index (χ1v) is 5.31. The first-order chi connectivity index (χ1) is 6.63. The molecule has 0 aliphatic carbocycles. The van der Waals surface area contributed by atoms with E-state index in [1.54, 1.807) is 27.7 Å². The number of nitrogens with one attached hydrogen (secondary N) is 1. The summed E-state index contributed by atoms with van der Waals surface area (Å²) in [5.74, 6) is 0.164. The summed E-state index contributed by atoms with van der Waals surface area (Å²) in [5.41, 5.74) is -0.510. The van der Waals surface area contributed by atoms with E-state index in [9.17, 15) is 9.90 Å². The van der Waals surface area contributed by atoms with Crippen LogP contribution in [0.3, 0.4) is 0 Å². The molecule has 0 bridgehead atoms. The fraction of sp³-hybridized carbons (Fsp3) is 0.909. The maximum atomic E-state index is 11.4. The van der Waals surface area contributed by atoms with E-state index >= 15 is 0 Å². The van der Waals surface area contributed by atoms with Gasteiger partial charge in [0.05, 0.1) is 12.1 Å². The van der Waals surface area contributed by atoms with Gasteiger partial charge in [0.15, 0.2) is 0 Å². The molecule has 2 atom stereocenters. The summed E-state index contributed by atoms with van der Waals surface area (Å²) in [4.78, 5) is 11.4. The molecule has 0 saturated carbocycles. The van der Waals surface area contributed by atoms with Gasteiger partial charge in [0.2, 0.25) is 0 Å². The highest BCUT2D eigenvalue weighted by Gasteiger charge is 2.24. The molecule has 0 saturated heterocycles. The van der Waals surface area contributed by atoms with E-state index in [4.69, 9.17) is 4.74 Å². The van der Waals surface area contributed by atoms with Crippen molar-refractivity contribution in [1.82, 2.24) is 5.32 Å². The summed E-state index contributed by atoms with van der Waals surface area (Å²) in [5, 5.41) is 12.1. The Hall–Kier alpha value is -0.770. The number of aliphatic hydroxyl groups excluding tert-OH is 1. The Labute approximate surface area is 92.0 Å². The average Bonchev–Trinajstić information content (AvgIpc) is 1.95. The lowest BCUT2D eigenvalue weighted by Gasteiger charge is -2.27. The fourth-order valence-electron chi connectivity index (χ4n) is 1.29. The standard InChI is InChI=1S/C11H23NO3/c1-7(2)9(8(3)13)12-10(14)15-11(4,5)6/h7-9,13H,1-6H3,(H,12,14)/t8?,9-/m0/s1. The smallest absolute Gasteiger partial charge is 0.407 e. The SMILES string of the molecule is CC(C)[C@H](NC(=O)OC(C)(C)C)C(C)O. The topological polar surface area (TPSA) is 58.6 Å². The van der Waals surface area contributed by atoms with E-state index in [-0.39, 0.29) is 12.0 Å².